The van der Waals surface area contributed by atoms with E-state index in [1.54, 1.807) is 17.0 Å². The molecule has 1 atom stereocenters. The molecule has 4 nitrogen and oxygen atoms in total. The highest BCUT2D eigenvalue weighted by Crippen LogP contribution is 2.33. The molecule has 1 aliphatic rings. The maximum atomic E-state index is 13.7. The normalized spacial score (nSPS) is 18.5. The van der Waals surface area contributed by atoms with Crippen LogP contribution in [0.2, 0.25) is 0 Å². The molecule has 0 radical (unpaired) electrons. The number of hydrogen-bond acceptors (Lipinski definition) is 3. The summed E-state index contributed by atoms with van der Waals surface area (Å²) in [6.07, 6.45) is 1.69. The van der Waals surface area contributed by atoms with Crippen molar-refractivity contribution in [2.75, 3.05) is 6.54 Å². The lowest BCUT2D eigenvalue weighted by Crippen LogP contribution is -2.31. The summed E-state index contributed by atoms with van der Waals surface area (Å²) in [6, 6.07) is 7.74. The molecular weight excluding hydrogens is 259 g/mol. The Labute approximate surface area is 116 Å². The van der Waals surface area contributed by atoms with Crippen LogP contribution < -0.4 is 0 Å². The van der Waals surface area contributed by atoms with Crippen molar-refractivity contribution < 1.29 is 13.7 Å². The fourth-order valence-corrected chi connectivity index (χ4v) is 2.64. The third kappa shape index (κ3) is 2.19. The summed E-state index contributed by atoms with van der Waals surface area (Å²) in [7, 11) is 0. The number of rotatable bonds is 2. The minimum Gasteiger partial charge on any atom is -0.359 e. The Kier molecular flexibility index (Phi) is 3.26. The first-order valence-corrected chi connectivity index (χ1v) is 6.65. The number of likely N-dealkylation sites (tertiary alicyclic amines) is 1. The summed E-state index contributed by atoms with van der Waals surface area (Å²) in [5.41, 5.74) is 0.890. The molecule has 0 bridgehead atoms. The molecule has 2 heterocycles. The predicted molar refractivity (Wildman–Crippen MR) is 70.7 cm³/mol. The monoisotopic (exact) mass is 274 g/mol. The Morgan fingerprint density at radius 1 is 1.45 bits per heavy atom. The number of nitrogens with zero attached hydrogens (tertiary/aromatic N) is 2. The van der Waals surface area contributed by atoms with Crippen molar-refractivity contribution in [1.29, 1.82) is 0 Å². The van der Waals surface area contributed by atoms with Crippen molar-refractivity contribution in [3.63, 3.8) is 0 Å². The lowest BCUT2D eigenvalue weighted by atomic mass is 10.1. The van der Waals surface area contributed by atoms with Crippen molar-refractivity contribution >= 4 is 5.91 Å². The zero-order valence-corrected chi connectivity index (χ0v) is 11.2. The summed E-state index contributed by atoms with van der Waals surface area (Å²) >= 11 is 0. The number of benzene rings is 1. The van der Waals surface area contributed by atoms with E-state index >= 15 is 0 Å². The molecule has 104 valence electrons. The van der Waals surface area contributed by atoms with Gasteiger partial charge in [0, 0.05) is 12.6 Å². The van der Waals surface area contributed by atoms with Gasteiger partial charge in [-0.2, -0.15) is 0 Å². The van der Waals surface area contributed by atoms with Crippen LogP contribution in [0.5, 0.6) is 0 Å². The largest absolute Gasteiger partial charge is 0.359 e. The Hall–Kier alpha value is -2.17. The number of carbonyl (C=O) groups excluding carboxylic acids is 1. The van der Waals surface area contributed by atoms with Gasteiger partial charge in [0.25, 0.3) is 5.91 Å². The van der Waals surface area contributed by atoms with Gasteiger partial charge < -0.3 is 9.42 Å². The molecule has 0 saturated carbocycles. The van der Waals surface area contributed by atoms with Crippen LogP contribution in [0, 0.1) is 12.7 Å². The van der Waals surface area contributed by atoms with Gasteiger partial charge in [0.1, 0.15) is 5.82 Å². The van der Waals surface area contributed by atoms with Crippen molar-refractivity contribution in [2.24, 2.45) is 0 Å². The molecule has 1 aromatic heterocycles. The van der Waals surface area contributed by atoms with Gasteiger partial charge >= 0.3 is 0 Å². The molecule has 0 spiro atoms. The third-order valence-corrected chi connectivity index (χ3v) is 3.59. The molecule has 3 rings (SSSR count). The number of aromatic nitrogens is 1. The minimum atomic E-state index is -0.489. The van der Waals surface area contributed by atoms with Crippen molar-refractivity contribution in [2.45, 2.75) is 25.8 Å². The number of halogens is 1. The van der Waals surface area contributed by atoms with E-state index in [-0.39, 0.29) is 17.5 Å². The SMILES string of the molecule is Cc1cc([C@@H]2CCCN2C(=O)c2ccccc2F)on1. The van der Waals surface area contributed by atoms with E-state index in [2.05, 4.69) is 5.16 Å². The van der Waals surface area contributed by atoms with Gasteiger partial charge in [-0.3, -0.25) is 4.79 Å². The second-order valence-corrected chi connectivity index (χ2v) is 5.01. The van der Waals surface area contributed by atoms with E-state index in [0.717, 1.165) is 18.5 Å². The molecule has 1 fully saturated rings. The van der Waals surface area contributed by atoms with Crippen molar-refractivity contribution in [1.82, 2.24) is 10.1 Å². The zero-order valence-electron chi connectivity index (χ0n) is 11.2. The third-order valence-electron chi connectivity index (χ3n) is 3.59. The highest BCUT2D eigenvalue weighted by Gasteiger charge is 2.33. The lowest BCUT2D eigenvalue weighted by Gasteiger charge is -2.22. The van der Waals surface area contributed by atoms with Crippen LogP contribution in [-0.2, 0) is 0 Å². The summed E-state index contributed by atoms with van der Waals surface area (Å²) in [5.74, 6) is -0.110. The van der Waals surface area contributed by atoms with E-state index in [1.807, 2.05) is 13.0 Å². The highest BCUT2D eigenvalue weighted by atomic mass is 19.1. The van der Waals surface area contributed by atoms with Crippen LogP contribution in [0.4, 0.5) is 4.39 Å². The number of carbonyl (C=O) groups is 1. The molecule has 1 saturated heterocycles. The van der Waals surface area contributed by atoms with Gasteiger partial charge in [-0.1, -0.05) is 17.3 Å². The van der Waals surface area contributed by atoms with Gasteiger partial charge in [-0.25, -0.2) is 4.39 Å². The van der Waals surface area contributed by atoms with Crippen LogP contribution in [0.15, 0.2) is 34.9 Å². The van der Waals surface area contributed by atoms with Crippen LogP contribution in [0.25, 0.3) is 0 Å². The molecule has 5 heteroatoms. The number of aryl methyl sites for hydroxylation is 1. The van der Waals surface area contributed by atoms with E-state index < -0.39 is 5.82 Å². The molecule has 0 unspecified atom stereocenters. The highest BCUT2D eigenvalue weighted by molar-refractivity contribution is 5.94. The first-order chi connectivity index (χ1) is 9.66. The lowest BCUT2D eigenvalue weighted by molar-refractivity contribution is 0.0710. The van der Waals surface area contributed by atoms with E-state index in [1.165, 1.54) is 12.1 Å². The summed E-state index contributed by atoms with van der Waals surface area (Å²) in [4.78, 5) is 14.1. The smallest absolute Gasteiger partial charge is 0.257 e. The van der Waals surface area contributed by atoms with Crippen LogP contribution in [0.3, 0.4) is 0 Å². The van der Waals surface area contributed by atoms with Crippen LogP contribution in [-0.4, -0.2) is 22.5 Å². The van der Waals surface area contributed by atoms with Gasteiger partial charge in [0.2, 0.25) is 0 Å². The number of hydrogen-bond donors (Lipinski definition) is 0. The first-order valence-electron chi connectivity index (χ1n) is 6.65. The van der Waals surface area contributed by atoms with Crippen molar-refractivity contribution in [3.8, 4) is 0 Å². The topological polar surface area (TPSA) is 46.3 Å². The molecule has 0 N–H and O–H groups in total. The Morgan fingerprint density at radius 3 is 2.95 bits per heavy atom. The molecule has 1 aromatic carbocycles. The average molecular weight is 274 g/mol. The maximum Gasteiger partial charge on any atom is 0.257 e. The Morgan fingerprint density at radius 2 is 2.25 bits per heavy atom. The minimum absolute atomic E-state index is 0.107. The molecule has 20 heavy (non-hydrogen) atoms. The standard InChI is InChI=1S/C15H15FN2O2/c1-10-9-14(20-17-10)13-7-4-8-18(13)15(19)11-5-2-3-6-12(11)16/h2-3,5-6,9,13H,4,7-8H2,1H3/t13-/m0/s1. The fraction of sp³-hybridized carbons (Fsp3) is 0.333. The molecule has 1 amide bonds. The Balaban J connectivity index is 1.89. The maximum absolute atomic E-state index is 13.7. The van der Waals surface area contributed by atoms with E-state index in [4.69, 9.17) is 4.52 Å². The zero-order chi connectivity index (χ0) is 14.1. The second-order valence-electron chi connectivity index (χ2n) is 5.01. The molecule has 1 aliphatic heterocycles. The van der Waals surface area contributed by atoms with Crippen LogP contribution in [0.1, 0.15) is 40.7 Å². The number of amides is 1. The molecular formula is C15H15FN2O2. The van der Waals surface area contributed by atoms with Crippen molar-refractivity contribution in [3.05, 3.63) is 53.2 Å². The molecule has 2 aromatic rings. The second kappa shape index (κ2) is 5.07. The summed E-state index contributed by atoms with van der Waals surface area (Å²) in [6.45, 7) is 2.45. The van der Waals surface area contributed by atoms with E-state index in [9.17, 15) is 9.18 Å². The average Bonchev–Trinajstić information content (AvgIpc) is 3.06. The van der Waals surface area contributed by atoms with E-state index in [0.29, 0.717) is 12.3 Å². The van der Waals surface area contributed by atoms with Crippen LogP contribution >= 0.6 is 0 Å². The van der Waals surface area contributed by atoms with Gasteiger partial charge in [0.15, 0.2) is 5.76 Å². The Bertz CT molecular complexity index is 638. The van der Waals surface area contributed by atoms with Gasteiger partial charge in [0.05, 0.1) is 17.3 Å². The molecule has 0 aliphatic carbocycles. The van der Waals surface area contributed by atoms with Gasteiger partial charge in [-0.05, 0) is 31.9 Å². The first kappa shape index (κ1) is 12.8. The van der Waals surface area contributed by atoms with Gasteiger partial charge in [-0.15, -0.1) is 0 Å². The fourth-order valence-electron chi connectivity index (χ4n) is 2.64. The quantitative estimate of drug-likeness (QED) is 0.845. The predicted octanol–water partition coefficient (Wildman–Crippen LogP) is 3.10. The summed E-state index contributed by atoms with van der Waals surface area (Å²) in [5, 5.41) is 3.86. The summed E-state index contributed by atoms with van der Waals surface area (Å²) < 4.78 is 19.0.